The fourth-order valence-corrected chi connectivity index (χ4v) is 3.68. The molecule has 0 aromatic heterocycles. The predicted octanol–water partition coefficient (Wildman–Crippen LogP) is 3.74. The Bertz CT molecular complexity index is 1280. The molecule has 1 atom stereocenters. The molecule has 0 bridgehead atoms. The molecule has 3 aromatic rings. The van der Waals surface area contributed by atoms with Crippen molar-refractivity contribution in [2.24, 2.45) is 0 Å². The van der Waals surface area contributed by atoms with Crippen LogP contribution in [0.15, 0.2) is 103 Å². The van der Waals surface area contributed by atoms with Crippen LogP contribution in [0.4, 0.5) is 0 Å². The molecule has 0 spiro atoms. The first kappa shape index (κ1) is 22.5. The van der Waals surface area contributed by atoms with Crippen LogP contribution in [0.2, 0.25) is 0 Å². The van der Waals surface area contributed by atoms with E-state index < -0.39 is 29.6 Å². The number of esters is 1. The number of amides is 1. The van der Waals surface area contributed by atoms with Crippen LogP contribution in [-0.4, -0.2) is 34.1 Å². The zero-order chi connectivity index (χ0) is 24.1. The number of carbonyl (C=O) groups excluding carboxylic acids is 2. The van der Waals surface area contributed by atoms with Crippen LogP contribution in [0.25, 0.3) is 11.1 Å². The van der Waals surface area contributed by atoms with E-state index in [1.54, 1.807) is 84.9 Å². The van der Waals surface area contributed by atoms with Crippen LogP contribution in [-0.2, 0) is 25.5 Å². The van der Waals surface area contributed by atoms with Gasteiger partial charge in [0.15, 0.2) is 11.5 Å². The number of aliphatic carboxylic acids is 1. The van der Waals surface area contributed by atoms with Crippen LogP contribution >= 0.6 is 0 Å². The van der Waals surface area contributed by atoms with Crippen molar-refractivity contribution in [3.05, 3.63) is 119 Å². The van der Waals surface area contributed by atoms with Crippen molar-refractivity contribution in [3.63, 3.8) is 0 Å². The lowest BCUT2D eigenvalue weighted by Crippen LogP contribution is -2.43. The number of carboxylic acid groups (broad SMARTS) is 1. The Labute approximate surface area is 195 Å². The second-order valence-corrected chi connectivity index (χ2v) is 7.60. The first-order chi connectivity index (χ1) is 16.5. The van der Waals surface area contributed by atoms with Gasteiger partial charge >= 0.3 is 11.9 Å². The highest BCUT2D eigenvalue weighted by molar-refractivity contribution is 6.26. The van der Waals surface area contributed by atoms with E-state index >= 15 is 0 Å². The van der Waals surface area contributed by atoms with E-state index in [0.717, 1.165) is 5.56 Å². The van der Waals surface area contributed by atoms with Crippen LogP contribution in [0.5, 0.6) is 0 Å². The molecule has 1 aliphatic rings. The molecule has 4 rings (SSSR count). The minimum atomic E-state index is -1.24. The van der Waals surface area contributed by atoms with E-state index in [2.05, 4.69) is 5.32 Å². The number of carbonyl (C=O) groups is 3. The first-order valence-electron chi connectivity index (χ1n) is 10.5. The van der Waals surface area contributed by atoms with Gasteiger partial charge in [-0.15, -0.1) is 0 Å². The lowest BCUT2D eigenvalue weighted by molar-refractivity contribution is -0.141. The molecular weight excluding hydrogens is 434 g/mol. The molecule has 34 heavy (non-hydrogen) atoms. The van der Waals surface area contributed by atoms with Gasteiger partial charge in [-0.1, -0.05) is 91.0 Å². The highest BCUT2D eigenvalue weighted by Crippen LogP contribution is 2.36. The van der Waals surface area contributed by atoms with E-state index in [0.29, 0.717) is 11.1 Å². The molecule has 7 heteroatoms. The van der Waals surface area contributed by atoms with Crippen LogP contribution in [0, 0.1) is 0 Å². The Morgan fingerprint density at radius 3 is 2.00 bits per heavy atom. The largest absolute Gasteiger partial charge is 0.504 e. The van der Waals surface area contributed by atoms with Crippen LogP contribution in [0.3, 0.4) is 0 Å². The second-order valence-electron chi connectivity index (χ2n) is 7.60. The third-order valence-electron chi connectivity index (χ3n) is 5.32. The Morgan fingerprint density at radius 2 is 1.41 bits per heavy atom. The van der Waals surface area contributed by atoms with E-state index in [9.17, 15) is 24.6 Å². The summed E-state index contributed by atoms with van der Waals surface area (Å²) in [6.45, 7) is 0. The topological polar surface area (TPSA) is 113 Å². The van der Waals surface area contributed by atoms with Crippen molar-refractivity contribution in [1.29, 1.82) is 0 Å². The quantitative estimate of drug-likeness (QED) is 0.370. The minimum absolute atomic E-state index is 0.0518. The van der Waals surface area contributed by atoms with Crippen molar-refractivity contribution in [1.82, 2.24) is 5.32 Å². The molecule has 3 aromatic carbocycles. The number of carboxylic acids is 1. The summed E-state index contributed by atoms with van der Waals surface area (Å²) in [5.41, 5.74) is 1.30. The molecule has 3 N–H and O–H groups in total. The normalized spacial score (nSPS) is 15.5. The Morgan fingerprint density at radius 1 is 0.853 bits per heavy atom. The summed E-state index contributed by atoms with van der Waals surface area (Å²) in [6.07, 6.45) is 0.0518. The summed E-state index contributed by atoms with van der Waals surface area (Å²) < 4.78 is 5.35. The maximum Gasteiger partial charge on any atom is 0.348 e. The summed E-state index contributed by atoms with van der Waals surface area (Å²) in [4.78, 5) is 37.9. The van der Waals surface area contributed by atoms with Crippen molar-refractivity contribution in [2.75, 3.05) is 0 Å². The van der Waals surface area contributed by atoms with Gasteiger partial charge in [-0.2, -0.15) is 0 Å². The highest BCUT2D eigenvalue weighted by Gasteiger charge is 2.36. The number of rotatable bonds is 7. The molecule has 7 nitrogen and oxygen atoms in total. The van der Waals surface area contributed by atoms with Gasteiger partial charge in [-0.05, 0) is 16.7 Å². The van der Waals surface area contributed by atoms with Gasteiger partial charge in [0.25, 0.3) is 5.91 Å². The van der Waals surface area contributed by atoms with Crippen molar-refractivity contribution < 1.29 is 29.3 Å². The van der Waals surface area contributed by atoms with E-state index in [4.69, 9.17) is 4.74 Å². The number of aliphatic hydroxyl groups excluding tert-OH is 1. The molecular formula is C27H21NO6. The van der Waals surface area contributed by atoms with Gasteiger partial charge in [0, 0.05) is 6.42 Å². The highest BCUT2D eigenvalue weighted by atomic mass is 16.6. The Hall–Kier alpha value is -4.65. The van der Waals surface area contributed by atoms with Crippen LogP contribution < -0.4 is 5.32 Å². The predicted molar refractivity (Wildman–Crippen MR) is 125 cm³/mol. The van der Waals surface area contributed by atoms with Gasteiger partial charge < -0.3 is 20.3 Å². The van der Waals surface area contributed by atoms with E-state index in [1.807, 2.05) is 6.07 Å². The van der Waals surface area contributed by atoms with E-state index in [-0.39, 0.29) is 23.3 Å². The summed E-state index contributed by atoms with van der Waals surface area (Å²) in [5.74, 6) is -3.63. The van der Waals surface area contributed by atoms with Crippen LogP contribution in [0.1, 0.15) is 16.7 Å². The third kappa shape index (κ3) is 4.73. The monoisotopic (exact) mass is 455 g/mol. The fourth-order valence-electron chi connectivity index (χ4n) is 3.68. The maximum atomic E-state index is 13.4. The molecule has 170 valence electrons. The smallest absolute Gasteiger partial charge is 0.348 e. The number of aliphatic hydroxyl groups is 1. The fraction of sp³-hybridized carbons (Fsp3) is 0.0741. The standard InChI is InChI=1S/C27H21NO6/c29-23-21(18-12-6-2-7-13-18)27(33)34-24(23)22(19-14-8-3-9-15-19)25(30)28-20(26(31)32)16-17-10-4-1-5-11-17/h1-15,20,29H,16H2,(H,28,30)(H,31,32)/b24-22+/t20-/m0/s1. The van der Waals surface area contributed by atoms with Crippen molar-refractivity contribution >= 4 is 29.0 Å². The molecule has 1 aliphatic heterocycles. The number of nitrogens with one attached hydrogen (secondary N) is 1. The summed E-state index contributed by atoms with van der Waals surface area (Å²) in [6, 6.07) is 24.4. The van der Waals surface area contributed by atoms with Gasteiger partial charge in [-0.25, -0.2) is 9.59 Å². The number of hydrogen-bond acceptors (Lipinski definition) is 5. The van der Waals surface area contributed by atoms with Gasteiger partial charge in [-0.3, -0.25) is 4.79 Å². The van der Waals surface area contributed by atoms with Gasteiger partial charge in [0.2, 0.25) is 0 Å². The van der Waals surface area contributed by atoms with Crippen molar-refractivity contribution in [2.45, 2.75) is 12.5 Å². The minimum Gasteiger partial charge on any atom is -0.504 e. The SMILES string of the molecule is O=C1O/C(=C(/C(=O)N[C@@H](Cc2ccccc2)C(=O)O)c2ccccc2)C(O)=C1c1ccccc1. The molecule has 1 heterocycles. The zero-order valence-electron chi connectivity index (χ0n) is 18.0. The molecule has 0 aliphatic carbocycles. The molecule has 1 amide bonds. The summed E-state index contributed by atoms with van der Waals surface area (Å²) in [5, 5.41) is 23.1. The second kappa shape index (κ2) is 9.87. The Balaban J connectivity index is 1.76. The van der Waals surface area contributed by atoms with E-state index in [1.165, 1.54) is 0 Å². The van der Waals surface area contributed by atoms with Crippen molar-refractivity contribution in [3.8, 4) is 0 Å². The average Bonchev–Trinajstić information content (AvgIpc) is 3.14. The summed E-state index contributed by atoms with van der Waals surface area (Å²) >= 11 is 0. The number of benzene rings is 3. The molecule has 0 radical (unpaired) electrons. The third-order valence-corrected chi connectivity index (χ3v) is 5.32. The molecule has 0 saturated carbocycles. The van der Waals surface area contributed by atoms with Gasteiger partial charge in [0.05, 0.1) is 5.57 Å². The lowest BCUT2D eigenvalue weighted by Gasteiger charge is -2.17. The van der Waals surface area contributed by atoms with Gasteiger partial charge in [0.1, 0.15) is 11.6 Å². The number of hydrogen-bond donors (Lipinski definition) is 3. The molecule has 0 saturated heterocycles. The lowest BCUT2D eigenvalue weighted by atomic mass is 9.99. The number of cyclic esters (lactones) is 1. The number of ether oxygens (including phenoxy) is 1. The summed E-state index contributed by atoms with van der Waals surface area (Å²) in [7, 11) is 0. The molecule has 0 fully saturated rings. The molecule has 0 unspecified atom stereocenters. The Kier molecular flexibility index (Phi) is 6.54. The average molecular weight is 455 g/mol. The maximum absolute atomic E-state index is 13.4. The first-order valence-corrected chi connectivity index (χ1v) is 10.5. The zero-order valence-corrected chi connectivity index (χ0v) is 18.0.